The van der Waals surface area contributed by atoms with Crippen molar-refractivity contribution in [2.45, 2.75) is 64.9 Å². The highest BCUT2D eigenvalue weighted by atomic mass is 16.6. The molecule has 0 aromatic heterocycles. The molecule has 1 heterocycles. The molecule has 138 valence electrons. The molecule has 1 saturated heterocycles. The number of esters is 1. The van der Waals surface area contributed by atoms with Gasteiger partial charge in [-0.15, -0.1) is 0 Å². The Morgan fingerprint density at radius 3 is 2.80 bits per heavy atom. The van der Waals surface area contributed by atoms with Crippen molar-refractivity contribution >= 4 is 12.2 Å². The van der Waals surface area contributed by atoms with Gasteiger partial charge in [0.25, 0.3) is 0 Å². The third-order valence-corrected chi connectivity index (χ3v) is 8.34. The van der Waals surface area contributed by atoms with E-state index in [2.05, 4.69) is 25.6 Å². The number of oxime groups is 1. The lowest BCUT2D eigenvalue weighted by molar-refractivity contribution is -0.146. The van der Waals surface area contributed by atoms with E-state index in [0.29, 0.717) is 17.8 Å². The molecule has 0 aromatic rings. The van der Waals surface area contributed by atoms with Crippen LogP contribution in [0.25, 0.3) is 0 Å². The van der Waals surface area contributed by atoms with Gasteiger partial charge in [0.05, 0.1) is 5.92 Å². The highest BCUT2D eigenvalue weighted by molar-refractivity contribution is 5.76. The maximum Gasteiger partial charge on any atom is 0.309 e. The summed E-state index contributed by atoms with van der Waals surface area (Å²) < 4.78 is 5.60. The zero-order chi connectivity index (χ0) is 17.8. The van der Waals surface area contributed by atoms with Gasteiger partial charge in [-0.05, 0) is 67.6 Å². The van der Waals surface area contributed by atoms with Gasteiger partial charge < -0.3 is 9.57 Å². The maximum atomic E-state index is 12.5. The summed E-state index contributed by atoms with van der Waals surface area (Å²) in [5.41, 5.74) is 1.63. The van der Waals surface area contributed by atoms with Crippen molar-refractivity contribution in [3.63, 3.8) is 0 Å². The Hall–Kier alpha value is -1.32. The molecule has 4 heteroatoms. The second-order valence-corrected chi connectivity index (χ2v) is 9.22. The molecule has 0 spiro atoms. The zero-order valence-electron chi connectivity index (χ0n) is 15.8. The maximum absolute atomic E-state index is 12.5. The third kappa shape index (κ3) is 2.39. The lowest BCUT2D eigenvalue weighted by Gasteiger charge is -2.53. The topological polar surface area (TPSA) is 47.9 Å². The molecule has 25 heavy (non-hydrogen) atoms. The summed E-state index contributed by atoms with van der Waals surface area (Å²) in [4.78, 5) is 17.5. The average molecular weight is 345 g/mol. The van der Waals surface area contributed by atoms with Crippen LogP contribution < -0.4 is 0 Å². The van der Waals surface area contributed by atoms with Crippen molar-refractivity contribution in [3.8, 4) is 0 Å². The quantitative estimate of drug-likeness (QED) is 0.331. The van der Waals surface area contributed by atoms with Gasteiger partial charge >= 0.3 is 5.97 Å². The van der Waals surface area contributed by atoms with Crippen LogP contribution in [0.1, 0.15) is 58.8 Å². The van der Waals surface area contributed by atoms with Crippen LogP contribution in [0.4, 0.5) is 0 Å². The van der Waals surface area contributed by atoms with Crippen LogP contribution in [-0.4, -0.2) is 25.4 Å². The highest BCUT2D eigenvalue weighted by Crippen LogP contribution is 2.64. The lowest BCUT2D eigenvalue weighted by atomic mass is 9.50. The molecule has 4 nitrogen and oxygen atoms in total. The van der Waals surface area contributed by atoms with E-state index >= 15 is 0 Å². The second-order valence-electron chi connectivity index (χ2n) is 9.22. The molecule has 4 aliphatic rings. The Kier molecular flexibility index (Phi) is 4.01. The minimum atomic E-state index is 0.0137. The fourth-order valence-corrected chi connectivity index (χ4v) is 6.67. The number of hydrogen-bond donors (Lipinski definition) is 0. The van der Waals surface area contributed by atoms with Crippen LogP contribution in [-0.2, 0) is 14.4 Å². The van der Waals surface area contributed by atoms with Crippen molar-refractivity contribution in [2.24, 2.45) is 39.7 Å². The first-order chi connectivity index (χ1) is 11.9. The number of ether oxygens (including phenoxy) is 1. The van der Waals surface area contributed by atoms with Gasteiger partial charge in [0, 0.05) is 12.1 Å². The van der Waals surface area contributed by atoms with E-state index in [0.717, 1.165) is 32.1 Å². The lowest BCUT2D eigenvalue weighted by Crippen LogP contribution is -2.50. The van der Waals surface area contributed by atoms with E-state index in [1.54, 1.807) is 7.11 Å². The molecule has 0 unspecified atom stereocenters. The molecule has 1 aliphatic heterocycles. The van der Waals surface area contributed by atoms with Crippen molar-refractivity contribution in [2.75, 3.05) is 7.11 Å². The van der Waals surface area contributed by atoms with Gasteiger partial charge in [-0.2, -0.15) is 0 Å². The summed E-state index contributed by atoms with van der Waals surface area (Å²) in [7, 11) is 1.61. The Morgan fingerprint density at radius 1 is 1.24 bits per heavy atom. The first-order valence-corrected chi connectivity index (χ1v) is 9.85. The Morgan fingerprint density at radius 2 is 2.04 bits per heavy atom. The minimum absolute atomic E-state index is 0.0137. The summed E-state index contributed by atoms with van der Waals surface area (Å²) >= 11 is 0. The minimum Gasteiger partial charge on any atom is -0.462 e. The molecule has 0 aromatic carbocycles. The number of allylic oxidation sites excluding steroid dienone is 1. The largest absolute Gasteiger partial charge is 0.462 e. The summed E-state index contributed by atoms with van der Waals surface area (Å²) in [6, 6.07) is 0. The van der Waals surface area contributed by atoms with E-state index in [4.69, 9.17) is 9.57 Å². The molecule has 0 radical (unpaired) electrons. The monoisotopic (exact) mass is 345 g/mol. The van der Waals surface area contributed by atoms with Gasteiger partial charge in [-0.25, -0.2) is 0 Å². The summed E-state index contributed by atoms with van der Waals surface area (Å²) in [6.45, 7) is 9.11. The van der Waals surface area contributed by atoms with Gasteiger partial charge in [-0.1, -0.05) is 31.2 Å². The predicted octanol–water partition coefficient (Wildman–Crippen LogP) is 4.35. The fraction of sp³-hybridized carbons (Fsp3) is 0.810. The van der Waals surface area contributed by atoms with Crippen molar-refractivity contribution < 1.29 is 14.4 Å². The van der Waals surface area contributed by atoms with Crippen LogP contribution in [0.2, 0.25) is 0 Å². The average Bonchev–Trinajstić information content (AvgIpc) is 3.08. The Bertz CT molecular complexity index is 614. The van der Waals surface area contributed by atoms with Gasteiger partial charge in [0.15, 0.2) is 0 Å². The molecule has 4 rings (SSSR count). The number of hydrogen-bond acceptors (Lipinski definition) is 4. The number of rotatable bonds is 3. The first kappa shape index (κ1) is 17.1. The fourth-order valence-electron chi connectivity index (χ4n) is 6.67. The number of carbonyl (C=O) groups excluding carboxylic acids is 1. The molecular weight excluding hydrogens is 314 g/mol. The molecule has 2 bridgehead atoms. The van der Waals surface area contributed by atoms with E-state index < -0.39 is 0 Å². The zero-order valence-corrected chi connectivity index (χ0v) is 15.8. The van der Waals surface area contributed by atoms with Crippen molar-refractivity contribution in [1.29, 1.82) is 0 Å². The summed E-state index contributed by atoms with van der Waals surface area (Å²) in [6.07, 6.45) is 9.83. The molecular formula is C21H31NO3. The van der Waals surface area contributed by atoms with Gasteiger partial charge in [0.1, 0.15) is 13.2 Å². The molecule has 7 atom stereocenters. The number of fused-ring (bicyclic) bond motifs is 3. The van der Waals surface area contributed by atoms with E-state index in [1.165, 1.54) is 18.4 Å². The molecule has 3 aliphatic carbocycles. The smallest absolute Gasteiger partial charge is 0.309 e. The predicted molar refractivity (Wildman–Crippen MR) is 97.0 cm³/mol. The number of carbonyl (C=O) groups is 1. The third-order valence-electron chi connectivity index (χ3n) is 8.34. The Labute approximate surface area is 151 Å². The number of nitrogens with zero attached hydrogens (tertiary/aromatic N) is 1. The summed E-state index contributed by atoms with van der Waals surface area (Å²) in [5.74, 6) is 1.48. The Balaban J connectivity index is 1.69. The standard InChI is InChI=1S/C21H31NO3/c1-13-5-6-16-15(12-22-24-4)17(8-10-20(13,16)2)21(3)9-7-14-11-18(21)19(23)25-14/h12,14-18H,1,5-11H2,2-4H3/b22-12-/t14-,15+,16+,17+,18+,20-,21-/m1/s1. The SMILES string of the molecule is C=C1CC[C@H]2[C@H](/C=N\OC)[C@@H]([C@@]3(C)CC[C@@H]4C[C@H]3C(=O)O4)CC[C@]12C. The highest BCUT2D eigenvalue weighted by Gasteiger charge is 2.60. The van der Waals surface area contributed by atoms with Crippen LogP contribution in [0, 0.1) is 34.5 Å². The van der Waals surface area contributed by atoms with Crippen molar-refractivity contribution in [3.05, 3.63) is 12.2 Å². The van der Waals surface area contributed by atoms with E-state index in [9.17, 15) is 4.79 Å². The summed E-state index contributed by atoms with van der Waals surface area (Å²) in [5, 5.41) is 4.20. The first-order valence-electron chi connectivity index (χ1n) is 9.85. The molecule has 4 fully saturated rings. The molecule has 0 amide bonds. The van der Waals surface area contributed by atoms with E-state index in [-0.39, 0.29) is 28.8 Å². The van der Waals surface area contributed by atoms with Crippen LogP contribution in [0.5, 0.6) is 0 Å². The second kappa shape index (κ2) is 5.85. The molecule has 3 saturated carbocycles. The van der Waals surface area contributed by atoms with Crippen molar-refractivity contribution in [1.82, 2.24) is 0 Å². The van der Waals surface area contributed by atoms with Crippen LogP contribution in [0.15, 0.2) is 17.3 Å². The normalized spacial score (nSPS) is 49.3. The van der Waals surface area contributed by atoms with Gasteiger partial charge in [0.2, 0.25) is 0 Å². The van der Waals surface area contributed by atoms with Crippen LogP contribution in [0.3, 0.4) is 0 Å². The van der Waals surface area contributed by atoms with Gasteiger partial charge in [-0.3, -0.25) is 4.79 Å². The van der Waals surface area contributed by atoms with Crippen LogP contribution >= 0.6 is 0 Å². The molecule has 0 N–H and O–H groups in total. The van der Waals surface area contributed by atoms with E-state index in [1.807, 2.05) is 6.21 Å².